The first-order chi connectivity index (χ1) is 9.99. The first kappa shape index (κ1) is 20.7. The molecule has 0 fully saturated rings. The Balaban J connectivity index is 4.59. The van der Waals surface area contributed by atoms with Gasteiger partial charge in [-0.1, -0.05) is 20.8 Å². The molecule has 6 nitrogen and oxygen atoms in total. The van der Waals surface area contributed by atoms with Gasteiger partial charge in [-0.05, 0) is 33.1 Å². The van der Waals surface area contributed by atoms with Crippen molar-refractivity contribution in [2.75, 3.05) is 26.7 Å². The average Bonchev–Trinajstić information content (AvgIpc) is 2.32. The maximum Gasteiger partial charge on any atom is 0.242 e. The number of ether oxygens (including phenoxy) is 1. The number of nitrogens with one attached hydrogen (secondary N) is 3. The molecule has 0 spiro atoms. The largest absolute Gasteiger partial charge is 0.379 e. The van der Waals surface area contributed by atoms with Gasteiger partial charge in [-0.15, -0.1) is 0 Å². The molecule has 0 saturated heterocycles. The fourth-order valence-electron chi connectivity index (χ4n) is 1.88. The summed E-state index contributed by atoms with van der Waals surface area (Å²) >= 11 is 0. The normalized spacial score (nSPS) is 14.5. The van der Waals surface area contributed by atoms with Gasteiger partial charge in [0, 0.05) is 25.7 Å². The zero-order valence-electron chi connectivity index (χ0n) is 15.5. The van der Waals surface area contributed by atoms with Crippen molar-refractivity contribution in [3.8, 4) is 0 Å². The minimum Gasteiger partial charge on any atom is -0.379 e. The maximum atomic E-state index is 11.8. The molecule has 0 saturated carbocycles. The number of carbonyl (C=O) groups excluding carboxylic acids is 1. The van der Waals surface area contributed by atoms with Crippen LogP contribution in [0.2, 0.25) is 0 Å². The van der Waals surface area contributed by atoms with E-state index in [2.05, 4.69) is 41.7 Å². The Morgan fingerprint density at radius 2 is 1.73 bits per heavy atom. The second kappa shape index (κ2) is 8.98. The summed E-state index contributed by atoms with van der Waals surface area (Å²) in [4.78, 5) is 16.1. The zero-order chi connectivity index (χ0) is 17.4. The molecule has 0 heterocycles. The molecular formula is C16H34N4O2. The third-order valence-corrected chi connectivity index (χ3v) is 2.94. The highest BCUT2D eigenvalue weighted by Gasteiger charge is 2.24. The van der Waals surface area contributed by atoms with Crippen molar-refractivity contribution < 1.29 is 9.53 Å². The number of amides is 1. The topological polar surface area (TPSA) is 74.8 Å². The number of rotatable bonds is 6. The molecule has 0 aliphatic rings. The van der Waals surface area contributed by atoms with Crippen molar-refractivity contribution in [2.24, 2.45) is 10.4 Å². The smallest absolute Gasteiger partial charge is 0.242 e. The summed E-state index contributed by atoms with van der Waals surface area (Å²) in [7, 11) is 1.71. The minimum absolute atomic E-state index is 0.0304. The molecule has 0 rings (SSSR count). The van der Waals surface area contributed by atoms with Crippen LogP contribution in [0.25, 0.3) is 0 Å². The van der Waals surface area contributed by atoms with E-state index in [0.29, 0.717) is 12.5 Å². The van der Waals surface area contributed by atoms with E-state index in [4.69, 9.17) is 4.74 Å². The van der Waals surface area contributed by atoms with Gasteiger partial charge in [0.2, 0.25) is 5.91 Å². The Morgan fingerprint density at radius 3 is 2.14 bits per heavy atom. The van der Waals surface area contributed by atoms with Crippen LogP contribution in [0.5, 0.6) is 0 Å². The van der Waals surface area contributed by atoms with E-state index in [0.717, 1.165) is 6.54 Å². The van der Waals surface area contributed by atoms with Crippen LogP contribution in [0, 0.1) is 5.41 Å². The highest BCUT2D eigenvalue weighted by Crippen LogP contribution is 2.20. The number of guanidine groups is 1. The molecule has 0 aliphatic heterocycles. The van der Waals surface area contributed by atoms with Crippen LogP contribution in [0.1, 0.15) is 48.5 Å². The predicted octanol–water partition coefficient (Wildman–Crippen LogP) is 1.52. The molecule has 0 aromatic carbocycles. The number of hydrogen-bond donors (Lipinski definition) is 3. The Kier molecular flexibility index (Phi) is 8.45. The first-order valence-electron chi connectivity index (χ1n) is 7.85. The summed E-state index contributed by atoms with van der Waals surface area (Å²) in [6.45, 7) is 15.7. The van der Waals surface area contributed by atoms with Gasteiger partial charge < -0.3 is 20.7 Å². The number of nitrogens with zero attached hydrogens (tertiary/aromatic N) is 1. The van der Waals surface area contributed by atoms with E-state index < -0.39 is 0 Å². The SMILES string of the molecule is CCNC(=NCC(=O)NC(C)(C)C)NCC(OC)C(C)(C)C. The van der Waals surface area contributed by atoms with Crippen LogP contribution in [0.15, 0.2) is 4.99 Å². The van der Waals surface area contributed by atoms with Gasteiger partial charge in [-0.3, -0.25) is 4.79 Å². The Morgan fingerprint density at radius 1 is 1.14 bits per heavy atom. The molecule has 22 heavy (non-hydrogen) atoms. The maximum absolute atomic E-state index is 11.8. The van der Waals surface area contributed by atoms with E-state index in [1.807, 2.05) is 27.7 Å². The van der Waals surface area contributed by atoms with Gasteiger partial charge in [0.15, 0.2) is 5.96 Å². The lowest BCUT2D eigenvalue weighted by molar-refractivity contribution is -0.121. The second-order valence-electron chi connectivity index (χ2n) is 7.46. The van der Waals surface area contributed by atoms with Crippen molar-refractivity contribution in [2.45, 2.75) is 60.1 Å². The van der Waals surface area contributed by atoms with Gasteiger partial charge >= 0.3 is 0 Å². The molecule has 3 N–H and O–H groups in total. The predicted molar refractivity (Wildman–Crippen MR) is 92.1 cm³/mol. The van der Waals surface area contributed by atoms with Crippen LogP contribution >= 0.6 is 0 Å². The van der Waals surface area contributed by atoms with Gasteiger partial charge in [-0.25, -0.2) is 4.99 Å². The van der Waals surface area contributed by atoms with Crippen molar-refractivity contribution in [3.05, 3.63) is 0 Å². The number of aliphatic imine (C=N–C) groups is 1. The number of carbonyl (C=O) groups is 1. The van der Waals surface area contributed by atoms with Gasteiger partial charge in [-0.2, -0.15) is 0 Å². The molecule has 0 aromatic rings. The van der Waals surface area contributed by atoms with E-state index in [9.17, 15) is 4.79 Å². The van der Waals surface area contributed by atoms with E-state index in [1.54, 1.807) is 7.11 Å². The van der Waals surface area contributed by atoms with Gasteiger partial charge in [0.1, 0.15) is 6.54 Å². The highest BCUT2D eigenvalue weighted by molar-refractivity contribution is 5.85. The lowest BCUT2D eigenvalue weighted by Crippen LogP contribution is -2.46. The molecule has 1 unspecified atom stereocenters. The van der Waals surface area contributed by atoms with Crippen molar-refractivity contribution in [3.63, 3.8) is 0 Å². The highest BCUT2D eigenvalue weighted by atomic mass is 16.5. The Labute approximate surface area is 135 Å². The lowest BCUT2D eigenvalue weighted by Gasteiger charge is -2.30. The van der Waals surface area contributed by atoms with Gasteiger partial charge in [0.05, 0.1) is 6.10 Å². The molecular weight excluding hydrogens is 280 g/mol. The Bertz CT molecular complexity index is 367. The van der Waals surface area contributed by atoms with Crippen molar-refractivity contribution >= 4 is 11.9 Å². The van der Waals surface area contributed by atoms with Crippen molar-refractivity contribution in [1.82, 2.24) is 16.0 Å². The van der Waals surface area contributed by atoms with Crippen LogP contribution < -0.4 is 16.0 Å². The average molecular weight is 314 g/mol. The summed E-state index contributed by atoms with van der Waals surface area (Å²) in [5.74, 6) is 0.529. The second-order valence-corrected chi connectivity index (χ2v) is 7.46. The third kappa shape index (κ3) is 9.60. The van der Waals surface area contributed by atoms with Gasteiger partial charge in [0.25, 0.3) is 0 Å². The van der Waals surface area contributed by atoms with Crippen molar-refractivity contribution in [1.29, 1.82) is 0 Å². The number of methoxy groups -OCH3 is 1. The van der Waals surface area contributed by atoms with E-state index in [1.165, 1.54) is 0 Å². The summed E-state index contributed by atoms with van der Waals surface area (Å²) in [6, 6.07) is 0. The summed E-state index contributed by atoms with van der Waals surface area (Å²) in [6.07, 6.45) is 0.0553. The lowest BCUT2D eigenvalue weighted by atomic mass is 9.89. The Hall–Kier alpha value is -1.30. The standard InChI is InChI=1S/C16H34N4O2/c1-9-17-14(18-10-12(22-8)15(2,3)4)19-11-13(21)20-16(5,6)7/h12H,9-11H2,1-8H3,(H,20,21)(H2,17,18,19). The summed E-state index contributed by atoms with van der Waals surface area (Å²) in [5, 5.41) is 9.26. The van der Waals surface area contributed by atoms with Crippen LogP contribution in [0.4, 0.5) is 0 Å². The number of hydrogen-bond acceptors (Lipinski definition) is 3. The minimum atomic E-state index is -0.244. The first-order valence-corrected chi connectivity index (χ1v) is 7.85. The molecule has 1 atom stereocenters. The fraction of sp³-hybridized carbons (Fsp3) is 0.875. The van der Waals surface area contributed by atoms with E-state index >= 15 is 0 Å². The summed E-state index contributed by atoms with van der Waals surface area (Å²) in [5.41, 5.74) is -0.214. The zero-order valence-corrected chi connectivity index (χ0v) is 15.5. The fourth-order valence-corrected chi connectivity index (χ4v) is 1.88. The molecule has 0 bridgehead atoms. The monoisotopic (exact) mass is 314 g/mol. The molecule has 0 radical (unpaired) electrons. The molecule has 0 aromatic heterocycles. The molecule has 130 valence electrons. The quantitative estimate of drug-likeness (QED) is 0.513. The van der Waals surface area contributed by atoms with Crippen LogP contribution in [-0.2, 0) is 9.53 Å². The molecule has 1 amide bonds. The molecule has 0 aliphatic carbocycles. The third-order valence-electron chi connectivity index (χ3n) is 2.94. The summed E-state index contributed by atoms with van der Waals surface area (Å²) < 4.78 is 5.51. The van der Waals surface area contributed by atoms with Crippen LogP contribution in [0.3, 0.4) is 0 Å². The van der Waals surface area contributed by atoms with Crippen LogP contribution in [-0.4, -0.2) is 50.3 Å². The molecule has 6 heteroatoms. The van der Waals surface area contributed by atoms with E-state index in [-0.39, 0.29) is 29.5 Å².